The van der Waals surface area contributed by atoms with Crippen molar-refractivity contribution in [3.63, 3.8) is 0 Å². The first kappa shape index (κ1) is 12.0. The molecule has 0 aliphatic carbocycles. The second-order valence-electron chi connectivity index (χ2n) is 5.78. The Labute approximate surface area is 89.7 Å². The summed E-state index contributed by atoms with van der Waals surface area (Å²) in [6, 6.07) is 0. The molecule has 0 aromatic rings. The van der Waals surface area contributed by atoms with E-state index >= 15 is 0 Å². The van der Waals surface area contributed by atoms with E-state index in [4.69, 9.17) is 0 Å². The van der Waals surface area contributed by atoms with Gasteiger partial charge in [-0.3, -0.25) is 0 Å². The third-order valence-electron chi connectivity index (χ3n) is 4.73. The van der Waals surface area contributed by atoms with Gasteiger partial charge < -0.3 is 5.32 Å². The van der Waals surface area contributed by atoms with Crippen LogP contribution in [-0.4, -0.2) is 11.1 Å². The molecule has 1 nitrogen and oxygen atoms in total. The summed E-state index contributed by atoms with van der Waals surface area (Å²) in [6.45, 7) is 14.2. The summed E-state index contributed by atoms with van der Waals surface area (Å²) >= 11 is 0. The summed E-state index contributed by atoms with van der Waals surface area (Å²) in [5.74, 6) is 1.62. The Bertz CT molecular complexity index is 201. The van der Waals surface area contributed by atoms with Crippen LogP contribution < -0.4 is 5.32 Å². The summed E-state index contributed by atoms with van der Waals surface area (Å²) in [5.41, 5.74) is 0.694. The Morgan fingerprint density at radius 2 is 1.71 bits per heavy atom. The summed E-state index contributed by atoms with van der Waals surface area (Å²) in [4.78, 5) is 0. The molecule has 0 aromatic heterocycles. The average Bonchev–Trinajstić information content (AvgIpc) is 2.14. The third kappa shape index (κ3) is 1.98. The second kappa shape index (κ2) is 3.84. The Balaban J connectivity index is 2.87. The molecule has 1 saturated heterocycles. The van der Waals surface area contributed by atoms with Gasteiger partial charge in [0.2, 0.25) is 0 Å². The monoisotopic (exact) mass is 197 g/mol. The van der Waals surface area contributed by atoms with Crippen LogP contribution in [0.5, 0.6) is 0 Å². The van der Waals surface area contributed by atoms with Gasteiger partial charge in [0.1, 0.15) is 0 Å². The van der Waals surface area contributed by atoms with Crippen molar-refractivity contribution < 1.29 is 0 Å². The van der Waals surface area contributed by atoms with Crippen LogP contribution in [0.15, 0.2) is 0 Å². The predicted octanol–water partition coefficient (Wildman–Crippen LogP) is 3.59. The first-order chi connectivity index (χ1) is 6.37. The van der Waals surface area contributed by atoms with Crippen molar-refractivity contribution in [1.82, 2.24) is 5.32 Å². The number of piperidine rings is 1. The van der Waals surface area contributed by atoms with Crippen molar-refractivity contribution in [2.75, 3.05) is 0 Å². The van der Waals surface area contributed by atoms with Gasteiger partial charge in [0.05, 0.1) is 0 Å². The van der Waals surface area contributed by atoms with Gasteiger partial charge in [0.25, 0.3) is 0 Å². The molecule has 0 radical (unpaired) electrons. The van der Waals surface area contributed by atoms with Crippen LogP contribution in [0.25, 0.3) is 0 Å². The fourth-order valence-corrected chi connectivity index (χ4v) is 3.01. The van der Waals surface area contributed by atoms with Crippen LogP contribution in [0.2, 0.25) is 0 Å². The standard InChI is InChI=1S/C13H27N/c1-7-12(5)9-10(3)11(4)13(6,8-2)14-12/h10-11,14H,7-9H2,1-6H3. The first-order valence-electron chi connectivity index (χ1n) is 6.16. The summed E-state index contributed by atoms with van der Waals surface area (Å²) in [7, 11) is 0. The van der Waals surface area contributed by atoms with E-state index in [1.54, 1.807) is 0 Å². The molecular weight excluding hydrogens is 170 g/mol. The molecule has 4 atom stereocenters. The lowest BCUT2D eigenvalue weighted by Crippen LogP contribution is -2.63. The fourth-order valence-electron chi connectivity index (χ4n) is 3.01. The lowest BCUT2D eigenvalue weighted by atomic mass is 9.66. The lowest BCUT2D eigenvalue weighted by molar-refractivity contribution is 0.0471. The molecule has 1 aliphatic rings. The normalized spacial score (nSPS) is 49.3. The smallest absolute Gasteiger partial charge is 0.0183 e. The van der Waals surface area contributed by atoms with Gasteiger partial charge in [-0.2, -0.15) is 0 Å². The highest BCUT2D eigenvalue weighted by molar-refractivity contribution is 5.02. The molecule has 0 amide bonds. The van der Waals surface area contributed by atoms with Gasteiger partial charge in [0, 0.05) is 11.1 Å². The molecule has 14 heavy (non-hydrogen) atoms. The largest absolute Gasteiger partial charge is 0.306 e. The van der Waals surface area contributed by atoms with E-state index < -0.39 is 0 Å². The Morgan fingerprint density at radius 1 is 1.14 bits per heavy atom. The molecule has 1 N–H and O–H groups in total. The van der Waals surface area contributed by atoms with Crippen molar-refractivity contribution >= 4 is 0 Å². The van der Waals surface area contributed by atoms with Crippen LogP contribution in [0.1, 0.15) is 60.8 Å². The molecule has 1 heterocycles. The Morgan fingerprint density at radius 3 is 2.14 bits per heavy atom. The molecule has 84 valence electrons. The summed E-state index contributed by atoms with van der Waals surface area (Å²) in [6.07, 6.45) is 3.79. The maximum absolute atomic E-state index is 3.89. The maximum Gasteiger partial charge on any atom is 0.0183 e. The van der Waals surface area contributed by atoms with E-state index in [0.717, 1.165) is 11.8 Å². The van der Waals surface area contributed by atoms with Gasteiger partial charge in [-0.15, -0.1) is 0 Å². The van der Waals surface area contributed by atoms with Gasteiger partial charge >= 0.3 is 0 Å². The second-order valence-corrected chi connectivity index (χ2v) is 5.78. The number of hydrogen-bond donors (Lipinski definition) is 1. The van der Waals surface area contributed by atoms with Crippen LogP contribution >= 0.6 is 0 Å². The minimum atomic E-state index is 0.336. The summed E-state index contributed by atoms with van der Waals surface area (Å²) < 4.78 is 0. The van der Waals surface area contributed by atoms with E-state index in [0.29, 0.717) is 11.1 Å². The van der Waals surface area contributed by atoms with Gasteiger partial charge in [-0.1, -0.05) is 27.7 Å². The molecule has 1 heteroatoms. The topological polar surface area (TPSA) is 12.0 Å². The van der Waals surface area contributed by atoms with E-state index in [1.165, 1.54) is 19.3 Å². The molecule has 0 bridgehead atoms. The van der Waals surface area contributed by atoms with Crippen molar-refractivity contribution in [1.29, 1.82) is 0 Å². The molecule has 1 aliphatic heterocycles. The maximum atomic E-state index is 3.89. The van der Waals surface area contributed by atoms with Crippen LogP contribution in [-0.2, 0) is 0 Å². The number of nitrogens with one attached hydrogen (secondary N) is 1. The van der Waals surface area contributed by atoms with Crippen molar-refractivity contribution in [3.05, 3.63) is 0 Å². The summed E-state index contributed by atoms with van der Waals surface area (Å²) in [5, 5.41) is 3.89. The minimum Gasteiger partial charge on any atom is -0.306 e. The molecule has 1 rings (SSSR count). The lowest BCUT2D eigenvalue weighted by Gasteiger charge is -2.53. The zero-order valence-corrected chi connectivity index (χ0v) is 10.8. The predicted molar refractivity (Wildman–Crippen MR) is 63.5 cm³/mol. The van der Waals surface area contributed by atoms with Gasteiger partial charge in [0.15, 0.2) is 0 Å². The highest BCUT2D eigenvalue weighted by atomic mass is 15.1. The van der Waals surface area contributed by atoms with Crippen LogP contribution in [0, 0.1) is 11.8 Å². The van der Waals surface area contributed by atoms with E-state index in [1.807, 2.05) is 0 Å². The Hall–Kier alpha value is -0.0400. The van der Waals surface area contributed by atoms with Crippen molar-refractivity contribution in [2.45, 2.75) is 71.9 Å². The molecule has 0 spiro atoms. The number of rotatable bonds is 2. The highest BCUT2D eigenvalue weighted by Gasteiger charge is 2.44. The molecule has 0 aromatic carbocycles. The average molecular weight is 197 g/mol. The van der Waals surface area contributed by atoms with E-state index in [2.05, 4.69) is 46.9 Å². The number of hydrogen-bond acceptors (Lipinski definition) is 1. The molecule has 4 unspecified atom stereocenters. The van der Waals surface area contributed by atoms with Crippen molar-refractivity contribution in [3.8, 4) is 0 Å². The van der Waals surface area contributed by atoms with Gasteiger partial charge in [-0.05, 0) is 44.9 Å². The minimum absolute atomic E-state index is 0.336. The SMILES string of the molecule is CCC1(C)CC(C)C(C)C(C)(CC)N1. The fraction of sp³-hybridized carbons (Fsp3) is 1.00. The highest BCUT2D eigenvalue weighted by Crippen LogP contribution is 2.40. The molecule has 0 saturated carbocycles. The van der Waals surface area contributed by atoms with Crippen molar-refractivity contribution in [2.24, 2.45) is 11.8 Å². The molecule has 1 fully saturated rings. The van der Waals surface area contributed by atoms with Gasteiger partial charge in [-0.25, -0.2) is 0 Å². The quantitative estimate of drug-likeness (QED) is 0.713. The first-order valence-corrected chi connectivity index (χ1v) is 6.16. The van der Waals surface area contributed by atoms with E-state index in [-0.39, 0.29) is 0 Å². The molecular formula is C13H27N. The zero-order valence-electron chi connectivity index (χ0n) is 10.8. The third-order valence-corrected chi connectivity index (χ3v) is 4.73. The van der Waals surface area contributed by atoms with Crippen LogP contribution in [0.3, 0.4) is 0 Å². The van der Waals surface area contributed by atoms with E-state index in [9.17, 15) is 0 Å². The Kier molecular flexibility index (Phi) is 3.30. The zero-order chi connectivity index (χ0) is 11.0. The van der Waals surface area contributed by atoms with Crippen LogP contribution in [0.4, 0.5) is 0 Å².